The van der Waals surface area contributed by atoms with Gasteiger partial charge >= 0.3 is 0 Å². The highest BCUT2D eigenvalue weighted by Crippen LogP contribution is 2.17. The van der Waals surface area contributed by atoms with Crippen molar-refractivity contribution in [3.8, 4) is 5.75 Å². The van der Waals surface area contributed by atoms with E-state index in [1.807, 2.05) is 24.3 Å². The number of benzene rings is 1. The standard InChI is InChI=1S/C15H24N2O2/c1-18-12-13-6-8-17(11-13)7-3-9-19-15-5-2-4-14(16)10-15/h2,4-5,10,13H,3,6-9,11-12,16H2,1H3. The van der Waals surface area contributed by atoms with Gasteiger partial charge in [-0.15, -0.1) is 0 Å². The van der Waals surface area contributed by atoms with Crippen LogP contribution < -0.4 is 10.5 Å². The summed E-state index contributed by atoms with van der Waals surface area (Å²) in [6.45, 7) is 5.08. The van der Waals surface area contributed by atoms with E-state index < -0.39 is 0 Å². The monoisotopic (exact) mass is 264 g/mol. The Bertz CT molecular complexity index is 384. The minimum atomic E-state index is 0.708. The molecule has 0 aliphatic carbocycles. The van der Waals surface area contributed by atoms with Crippen molar-refractivity contribution in [2.45, 2.75) is 12.8 Å². The van der Waals surface area contributed by atoms with Gasteiger partial charge in [-0.25, -0.2) is 0 Å². The van der Waals surface area contributed by atoms with E-state index in [9.17, 15) is 0 Å². The summed E-state index contributed by atoms with van der Waals surface area (Å²) in [5.74, 6) is 1.57. The third kappa shape index (κ3) is 4.73. The summed E-state index contributed by atoms with van der Waals surface area (Å²) < 4.78 is 10.9. The number of methoxy groups -OCH3 is 1. The lowest BCUT2D eigenvalue weighted by atomic mass is 10.1. The fourth-order valence-electron chi connectivity index (χ4n) is 2.57. The molecule has 19 heavy (non-hydrogen) atoms. The molecule has 1 fully saturated rings. The Balaban J connectivity index is 1.60. The molecule has 1 unspecified atom stereocenters. The van der Waals surface area contributed by atoms with Gasteiger partial charge in [0.25, 0.3) is 0 Å². The maximum Gasteiger partial charge on any atom is 0.121 e. The SMILES string of the molecule is COCC1CCN(CCCOc2cccc(N)c2)C1. The lowest BCUT2D eigenvalue weighted by molar-refractivity contribution is 0.152. The van der Waals surface area contributed by atoms with E-state index in [0.29, 0.717) is 5.92 Å². The van der Waals surface area contributed by atoms with E-state index in [0.717, 1.165) is 44.2 Å². The quantitative estimate of drug-likeness (QED) is 0.604. The van der Waals surface area contributed by atoms with Gasteiger partial charge in [0.2, 0.25) is 0 Å². The molecule has 1 aromatic rings. The molecule has 4 heteroatoms. The van der Waals surface area contributed by atoms with Crippen molar-refractivity contribution in [2.75, 3.05) is 45.7 Å². The van der Waals surface area contributed by atoms with Crippen LogP contribution in [0.25, 0.3) is 0 Å². The van der Waals surface area contributed by atoms with Crippen molar-refractivity contribution < 1.29 is 9.47 Å². The summed E-state index contributed by atoms with van der Waals surface area (Å²) in [6.07, 6.45) is 2.30. The van der Waals surface area contributed by atoms with Crippen LogP contribution in [0.4, 0.5) is 5.69 Å². The molecular formula is C15H24N2O2. The minimum absolute atomic E-state index is 0.708. The molecule has 0 radical (unpaired) electrons. The first-order valence-corrected chi connectivity index (χ1v) is 6.97. The molecule has 0 aromatic heterocycles. The average Bonchev–Trinajstić information content (AvgIpc) is 2.83. The van der Waals surface area contributed by atoms with Crippen molar-refractivity contribution in [3.63, 3.8) is 0 Å². The summed E-state index contributed by atoms with van der Waals surface area (Å²) in [6, 6.07) is 7.60. The lowest BCUT2D eigenvalue weighted by Crippen LogP contribution is -2.24. The van der Waals surface area contributed by atoms with Crippen molar-refractivity contribution in [1.82, 2.24) is 4.90 Å². The summed E-state index contributed by atoms with van der Waals surface area (Å²) >= 11 is 0. The molecule has 1 atom stereocenters. The van der Waals surface area contributed by atoms with Crippen LogP contribution in [0.2, 0.25) is 0 Å². The minimum Gasteiger partial charge on any atom is -0.493 e. The molecule has 4 nitrogen and oxygen atoms in total. The van der Waals surface area contributed by atoms with Crippen LogP contribution in [0.5, 0.6) is 5.75 Å². The molecule has 0 spiro atoms. The second-order valence-corrected chi connectivity index (χ2v) is 5.19. The molecule has 2 rings (SSSR count). The summed E-state index contributed by atoms with van der Waals surface area (Å²) in [5.41, 5.74) is 6.46. The zero-order valence-electron chi connectivity index (χ0n) is 11.7. The Morgan fingerprint density at radius 2 is 2.32 bits per heavy atom. The van der Waals surface area contributed by atoms with Gasteiger partial charge in [-0.1, -0.05) is 6.07 Å². The zero-order chi connectivity index (χ0) is 13.5. The number of nitrogens with zero attached hydrogens (tertiary/aromatic N) is 1. The predicted octanol–water partition coefficient (Wildman–Crippen LogP) is 2.01. The molecule has 0 amide bonds. The van der Waals surface area contributed by atoms with Crippen LogP contribution in [0, 0.1) is 5.92 Å². The van der Waals surface area contributed by atoms with Gasteiger partial charge in [-0.05, 0) is 37.4 Å². The second kappa shape index (κ2) is 7.36. The van der Waals surface area contributed by atoms with Gasteiger partial charge in [-0.3, -0.25) is 0 Å². The van der Waals surface area contributed by atoms with Crippen molar-refractivity contribution >= 4 is 5.69 Å². The first-order valence-electron chi connectivity index (χ1n) is 6.97. The third-order valence-corrected chi connectivity index (χ3v) is 3.52. The highest BCUT2D eigenvalue weighted by Gasteiger charge is 2.21. The van der Waals surface area contributed by atoms with Crippen LogP contribution in [0.1, 0.15) is 12.8 Å². The molecule has 1 aliphatic heterocycles. The highest BCUT2D eigenvalue weighted by atomic mass is 16.5. The van der Waals surface area contributed by atoms with Gasteiger partial charge in [0.15, 0.2) is 0 Å². The molecule has 1 saturated heterocycles. The molecule has 1 heterocycles. The largest absolute Gasteiger partial charge is 0.493 e. The van der Waals surface area contributed by atoms with E-state index in [2.05, 4.69) is 4.90 Å². The average molecular weight is 264 g/mol. The van der Waals surface area contributed by atoms with Crippen molar-refractivity contribution in [2.24, 2.45) is 5.92 Å². The Labute approximate surface area is 115 Å². The molecule has 0 bridgehead atoms. The smallest absolute Gasteiger partial charge is 0.121 e. The number of anilines is 1. The summed E-state index contributed by atoms with van der Waals surface area (Å²) in [4.78, 5) is 2.49. The number of nitrogen functional groups attached to an aromatic ring is 1. The normalized spacial score (nSPS) is 19.7. The first kappa shape index (κ1) is 14.2. The van der Waals surface area contributed by atoms with Crippen LogP contribution in [0.15, 0.2) is 24.3 Å². The number of rotatable bonds is 7. The summed E-state index contributed by atoms with van der Waals surface area (Å²) in [5, 5.41) is 0. The van der Waals surface area contributed by atoms with E-state index in [4.69, 9.17) is 15.2 Å². The van der Waals surface area contributed by atoms with Crippen LogP contribution in [-0.2, 0) is 4.74 Å². The Morgan fingerprint density at radius 1 is 1.42 bits per heavy atom. The molecule has 0 saturated carbocycles. The van der Waals surface area contributed by atoms with Crippen LogP contribution in [0.3, 0.4) is 0 Å². The van der Waals surface area contributed by atoms with E-state index in [-0.39, 0.29) is 0 Å². The van der Waals surface area contributed by atoms with Crippen molar-refractivity contribution in [3.05, 3.63) is 24.3 Å². The topological polar surface area (TPSA) is 47.7 Å². The van der Waals surface area contributed by atoms with Crippen LogP contribution >= 0.6 is 0 Å². The number of nitrogens with two attached hydrogens (primary N) is 1. The maximum absolute atomic E-state index is 5.71. The lowest BCUT2D eigenvalue weighted by Gasteiger charge is -2.16. The number of hydrogen-bond acceptors (Lipinski definition) is 4. The summed E-state index contributed by atoms with van der Waals surface area (Å²) in [7, 11) is 1.78. The van der Waals surface area contributed by atoms with E-state index in [1.165, 1.54) is 13.0 Å². The Kier molecular flexibility index (Phi) is 5.48. The third-order valence-electron chi connectivity index (χ3n) is 3.52. The number of hydrogen-bond donors (Lipinski definition) is 1. The fraction of sp³-hybridized carbons (Fsp3) is 0.600. The van der Waals surface area contributed by atoms with Crippen LogP contribution in [-0.4, -0.2) is 44.9 Å². The van der Waals surface area contributed by atoms with Gasteiger partial charge in [-0.2, -0.15) is 0 Å². The van der Waals surface area contributed by atoms with E-state index in [1.54, 1.807) is 7.11 Å². The molecule has 106 valence electrons. The zero-order valence-corrected chi connectivity index (χ0v) is 11.7. The molecule has 1 aliphatic rings. The van der Waals surface area contributed by atoms with Gasteiger partial charge < -0.3 is 20.1 Å². The second-order valence-electron chi connectivity index (χ2n) is 5.19. The van der Waals surface area contributed by atoms with Crippen molar-refractivity contribution in [1.29, 1.82) is 0 Å². The predicted molar refractivity (Wildman–Crippen MR) is 77.4 cm³/mol. The Morgan fingerprint density at radius 3 is 3.11 bits per heavy atom. The Hall–Kier alpha value is -1.26. The first-order chi connectivity index (χ1) is 9.28. The van der Waals surface area contributed by atoms with Gasteiger partial charge in [0, 0.05) is 32.0 Å². The fourth-order valence-corrected chi connectivity index (χ4v) is 2.57. The number of ether oxygens (including phenoxy) is 2. The highest BCUT2D eigenvalue weighted by molar-refractivity contribution is 5.43. The van der Waals surface area contributed by atoms with Gasteiger partial charge in [0.05, 0.1) is 13.2 Å². The molecule has 1 aromatic carbocycles. The molecule has 2 N–H and O–H groups in total. The maximum atomic E-state index is 5.71. The molecular weight excluding hydrogens is 240 g/mol. The number of likely N-dealkylation sites (tertiary alicyclic amines) is 1. The van der Waals surface area contributed by atoms with E-state index >= 15 is 0 Å². The van der Waals surface area contributed by atoms with Gasteiger partial charge in [0.1, 0.15) is 5.75 Å².